The number of unbranched alkanes of at least 4 members (excludes halogenated alkanes) is 1. The Morgan fingerprint density at radius 2 is 2.06 bits per heavy atom. The van der Waals surface area contributed by atoms with Crippen molar-refractivity contribution in [3.8, 4) is 0 Å². The van der Waals surface area contributed by atoms with Gasteiger partial charge < -0.3 is 4.74 Å². The lowest BCUT2D eigenvalue weighted by Crippen LogP contribution is -2.23. The maximum Gasteiger partial charge on any atom is 0.334 e. The number of esters is 1. The number of hydrogen-bond donors (Lipinski definition) is 0. The molecule has 0 aromatic carbocycles. The third-order valence-corrected chi connectivity index (χ3v) is 4.28. The summed E-state index contributed by atoms with van der Waals surface area (Å²) in [4.78, 5) is 11.9. The van der Waals surface area contributed by atoms with Crippen molar-refractivity contribution in [2.45, 2.75) is 51.9 Å². The van der Waals surface area contributed by atoms with Gasteiger partial charge >= 0.3 is 5.97 Å². The van der Waals surface area contributed by atoms with E-state index in [0.29, 0.717) is 6.61 Å². The van der Waals surface area contributed by atoms with E-state index in [1.165, 1.54) is 28.7 Å². The fraction of sp³-hybridized carbons (Fsp3) is 0.562. The first-order valence-electron chi connectivity index (χ1n) is 7.12. The summed E-state index contributed by atoms with van der Waals surface area (Å²) in [6.07, 6.45) is 9.93. The summed E-state index contributed by atoms with van der Waals surface area (Å²) in [5, 5.41) is 0. The molecule has 1 aliphatic heterocycles. The fourth-order valence-corrected chi connectivity index (χ4v) is 3.33. The Hall–Kier alpha value is -1.31. The van der Waals surface area contributed by atoms with Crippen molar-refractivity contribution >= 4 is 5.97 Å². The lowest BCUT2D eigenvalue weighted by molar-refractivity contribution is -0.139. The zero-order valence-corrected chi connectivity index (χ0v) is 11.1. The second-order valence-corrected chi connectivity index (χ2v) is 5.36. The van der Waals surface area contributed by atoms with Gasteiger partial charge in [0, 0.05) is 5.57 Å². The highest BCUT2D eigenvalue weighted by molar-refractivity contribution is 5.92. The van der Waals surface area contributed by atoms with E-state index in [-0.39, 0.29) is 5.97 Å². The number of ether oxygens (including phenoxy) is 1. The highest BCUT2D eigenvalue weighted by Crippen LogP contribution is 2.43. The number of hydrogen-bond acceptors (Lipinski definition) is 2. The highest BCUT2D eigenvalue weighted by Gasteiger charge is 2.31. The summed E-state index contributed by atoms with van der Waals surface area (Å²) in [5.74, 6) is -0.0618. The van der Waals surface area contributed by atoms with Crippen LogP contribution in [0.4, 0.5) is 0 Å². The van der Waals surface area contributed by atoms with Crippen molar-refractivity contribution in [1.29, 1.82) is 0 Å². The maximum atomic E-state index is 11.9. The van der Waals surface area contributed by atoms with Gasteiger partial charge in [0.25, 0.3) is 0 Å². The molecular formula is C16H20O2. The van der Waals surface area contributed by atoms with Crippen molar-refractivity contribution in [1.82, 2.24) is 0 Å². The normalized spacial score (nSPS) is 22.7. The van der Waals surface area contributed by atoms with E-state index in [1.807, 2.05) is 0 Å². The van der Waals surface area contributed by atoms with E-state index in [1.54, 1.807) is 0 Å². The Balaban J connectivity index is 2.02. The summed E-state index contributed by atoms with van der Waals surface area (Å²) in [7, 11) is 0. The summed E-state index contributed by atoms with van der Waals surface area (Å²) in [6.45, 7) is 2.67. The molecule has 0 aromatic rings. The average molecular weight is 244 g/mol. The van der Waals surface area contributed by atoms with Gasteiger partial charge in [-0.3, -0.25) is 0 Å². The van der Waals surface area contributed by atoms with Gasteiger partial charge in [-0.1, -0.05) is 19.4 Å². The van der Waals surface area contributed by atoms with Crippen LogP contribution in [0.25, 0.3) is 0 Å². The predicted molar refractivity (Wildman–Crippen MR) is 71.1 cm³/mol. The minimum Gasteiger partial charge on any atom is -0.457 e. The van der Waals surface area contributed by atoms with Crippen LogP contribution in [0.1, 0.15) is 51.9 Å². The Labute approximate surface area is 108 Å². The van der Waals surface area contributed by atoms with Crippen molar-refractivity contribution in [2.75, 3.05) is 6.61 Å². The lowest BCUT2D eigenvalue weighted by atomic mass is 9.81. The van der Waals surface area contributed by atoms with Gasteiger partial charge in [-0.15, -0.1) is 0 Å². The monoisotopic (exact) mass is 244 g/mol. The van der Waals surface area contributed by atoms with Gasteiger partial charge in [0.15, 0.2) is 0 Å². The molecule has 0 saturated carbocycles. The number of rotatable bonds is 3. The van der Waals surface area contributed by atoms with Crippen LogP contribution in [0.15, 0.2) is 33.9 Å². The van der Waals surface area contributed by atoms with Crippen LogP contribution in [-0.2, 0) is 9.53 Å². The molecule has 0 amide bonds. The number of cyclic esters (lactones) is 1. The SMILES string of the molecule is CCCCC1=C2CCC3=CCCC3=C2COC1=O. The first kappa shape index (κ1) is 11.8. The zero-order chi connectivity index (χ0) is 12.5. The molecule has 2 heteroatoms. The van der Waals surface area contributed by atoms with Gasteiger partial charge in [-0.25, -0.2) is 4.79 Å². The van der Waals surface area contributed by atoms with Gasteiger partial charge in [-0.2, -0.15) is 0 Å². The van der Waals surface area contributed by atoms with E-state index in [9.17, 15) is 4.79 Å². The summed E-state index contributed by atoms with van der Waals surface area (Å²) >= 11 is 0. The first-order valence-corrected chi connectivity index (χ1v) is 7.12. The van der Waals surface area contributed by atoms with Crippen LogP contribution in [-0.4, -0.2) is 12.6 Å². The molecule has 0 fully saturated rings. The Morgan fingerprint density at radius 1 is 1.17 bits per heavy atom. The summed E-state index contributed by atoms with van der Waals surface area (Å²) < 4.78 is 5.38. The second-order valence-electron chi connectivity index (χ2n) is 5.36. The molecular weight excluding hydrogens is 224 g/mol. The van der Waals surface area contributed by atoms with E-state index in [0.717, 1.165) is 44.1 Å². The van der Waals surface area contributed by atoms with E-state index in [2.05, 4.69) is 13.0 Å². The number of fused-ring (bicyclic) bond motifs is 2. The minimum absolute atomic E-state index is 0.0618. The van der Waals surface area contributed by atoms with Crippen molar-refractivity contribution in [3.05, 3.63) is 33.9 Å². The average Bonchev–Trinajstić information content (AvgIpc) is 2.85. The van der Waals surface area contributed by atoms with Crippen molar-refractivity contribution < 1.29 is 9.53 Å². The third-order valence-electron chi connectivity index (χ3n) is 4.28. The van der Waals surface area contributed by atoms with E-state index in [4.69, 9.17) is 4.74 Å². The van der Waals surface area contributed by atoms with Crippen molar-refractivity contribution in [2.24, 2.45) is 0 Å². The molecule has 96 valence electrons. The van der Waals surface area contributed by atoms with Crippen LogP contribution in [0, 0.1) is 0 Å². The van der Waals surface area contributed by atoms with Crippen LogP contribution in [0.2, 0.25) is 0 Å². The molecule has 0 bridgehead atoms. The first-order chi connectivity index (χ1) is 8.81. The molecule has 0 saturated heterocycles. The fourth-order valence-electron chi connectivity index (χ4n) is 3.33. The smallest absolute Gasteiger partial charge is 0.334 e. The van der Waals surface area contributed by atoms with Crippen LogP contribution in [0.3, 0.4) is 0 Å². The summed E-state index contributed by atoms with van der Waals surface area (Å²) in [6, 6.07) is 0. The van der Waals surface area contributed by atoms with Gasteiger partial charge in [0.05, 0.1) is 0 Å². The molecule has 0 atom stereocenters. The molecule has 18 heavy (non-hydrogen) atoms. The van der Waals surface area contributed by atoms with Gasteiger partial charge in [0.1, 0.15) is 6.61 Å². The largest absolute Gasteiger partial charge is 0.457 e. The number of carbonyl (C=O) groups is 1. The van der Waals surface area contributed by atoms with Crippen LogP contribution >= 0.6 is 0 Å². The predicted octanol–water partition coefficient (Wildman–Crippen LogP) is 3.84. The Kier molecular flexibility index (Phi) is 3.11. The number of carbonyl (C=O) groups excluding carboxylic acids is 1. The Morgan fingerprint density at radius 3 is 2.89 bits per heavy atom. The van der Waals surface area contributed by atoms with Crippen LogP contribution < -0.4 is 0 Å². The second kappa shape index (κ2) is 4.75. The molecule has 0 spiro atoms. The summed E-state index contributed by atoms with van der Waals surface area (Å²) in [5.41, 5.74) is 6.64. The molecule has 1 heterocycles. The van der Waals surface area contributed by atoms with E-state index < -0.39 is 0 Å². The Bertz CT molecular complexity index is 477. The molecule has 2 nitrogen and oxygen atoms in total. The van der Waals surface area contributed by atoms with Gasteiger partial charge in [0.2, 0.25) is 0 Å². The van der Waals surface area contributed by atoms with Crippen molar-refractivity contribution in [3.63, 3.8) is 0 Å². The molecule has 0 radical (unpaired) electrons. The zero-order valence-electron chi connectivity index (χ0n) is 11.1. The quantitative estimate of drug-likeness (QED) is 0.705. The standard InChI is InChI=1S/C16H20O2/c1-2-3-6-14-13-9-8-11-5-4-7-12(11)15(13)10-18-16(14)17/h5H,2-4,6-10H2,1H3. The topological polar surface area (TPSA) is 26.3 Å². The molecule has 2 aliphatic carbocycles. The highest BCUT2D eigenvalue weighted by atomic mass is 16.5. The maximum absolute atomic E-state index is 11.9. The lowest BCUT2D eigenvalue weighted by Gasteiger charge is -2.29. The molecule has 0 aromatic heterocycles. The molecule has 3 aliphatic rings. The molecule has 3 rings (SSSR count). The molecule has 0 N–H and O–H groups in total. The molecule has 0 unspecified atom stereocenters. The van der Waals surface area contributed by atoms with Crippen LogP contribution in [0.5, 0.6) is 0 Å². The van der Waals surface area contributed by atoms with E-state index >= 15 is 0 Å². The third kappa shape index (κ3) is 1.84. The minimum atomic E-state index is -0.0618. The number of allylic oxidation sites excluding steroid dienone is 3. The van der Waals surface area contributed by atoms with Gasteiger partial charge in [-0.05, 0) is 60.8 Å².